The molecule has 6 nitrogen and oxygen atoms in total. The van der Waals surface area contributed by atoms with Crippen LogP contribution in [0.1, 0.15) is 11.1 Å². The zero-order valence-electron chi connectivity index (χ0n) is 15.5. The van der Waals surface area contributed by atoms with Crippen LogP contribution in [-0.4, -0.2) is 46.2 Å². The van der Waals surface area contributed by atoms with Gasteiger partial charge in [-0.15, -0.1) is 0 Å². The molecule has 158 valence electrons. The highest BCUT2D eigenvalue weighted by molar-refractivity contribution is 7.82. The van der Waals surface area contributed by atoms with Gasteiger partial charge in [0.15, 0.2) is 12.3 Å². The number of hydrogen-bond donors (Lipinski definition) is 0. The van der Waals surface area contributed by atoms with E-state index in [0.29, 0.717) is 0 Å². The van der Waals surface area contributed by atoms with Gasteiger partial charge in [-0.25, -0.2) is 17.1 Å². The predicted octanol–water partition coefficient (Wildman–Crippen LogP) is 3.13. The van der Waals surface area contributed by atoms with Gasteiger partial charge in [0, 0.05) is 0 Å². The molecule has 0 radical (unpaired) electrons. The first-order valence-corrected chi connectivity index (χ1v) is 10.4. The zero-order valence-corrected chi connectivity index (χ0v) is 16.3. The Labute approximate surface area is 168 Å². The normalized spacial score (nSPS) is 23.0. The molecule has 1 fully saturated rings. The maximum Gasteiger partial charge on any atom is 0.400 e. The number of hydrogen-bond acceptors (Lipinski definition) is 6. The minimum absolute atomic E-state index is 0.130. The predicted molar refractivity (Wildman–Crippen MR) is 101 cm³/mol. The molecule has 0 aromatic heterocycles. The van der Waals surface area contributed by atoms with E-state index >= 15 is 0 Å². The molecule has 0 aliphatic carbocycles. The molecule has 4 atom stereocenters. The number of halogens is 2. The van der Waals surface area contributed by atoms with Gasteiger partial charge in [0.2, 0.25) is 0 Å². The van der Waals surface area contributed by atoms with Crippen LogP contribution in [-0.2, 0) is 41.5 Å². The Morgan fingerprint density at radius 3 is 1.52 bits per heavy atom. The summed E-state index contributed by atoms with van der Waals surface area (Å²) < 4.78 is 72.0. The minimum Gasteiger partial charge on any atom is -0.374 e. The summed E-state index contributed by atoms with van der Waals surface area (Å²) in [7, 11) is -4.48. The Morgan fingerprint density at radius 2 is 1.14 bits per heavy atom. The topological polar surface area (TPSA) is 71.1 Å². The Hall–Kier alpha value is -1.91. The lowest BCUT2D eigenvalue weighted by Crippen LogP contribution is -2.42. The van der Waals surface area contributed by atoms with E-state index < -0.39 is 48.2 Å². The molecule has 9 heteroatoms. The van der Waals surface area contributed by atoms with Crippen LogP contribution in [0.5, 0.6) is 0 Å². The number of alkyl halides is 2. The van der Waals surface area contributed by atoms with E-state index in [1.54, 1.807) is 24.3 Å². The first-order chi connectivity index (χ1) is 13.9. The van der Waals surface area contributed by atoms with E-state index in [1.807, 2.05) is 36.4 Å². The second-order valence-corrected chi connectivity index (χ2v) is 7.76. The zero-order chi connectivity index (χ0) is 20.7. The quantitative estimate of drug-likeness (QED) is 0.579. The van der Waals surface area contributed by atoms with Crippen LogP contribution in [0, 0.1) is 0 Å². The number of ether oxygens (including phenoxy) is 2. The van der Waals surface area contributed by atoms with Crippen molar-refractivity contribution in [2.75, 3.05) is 13.2 Å². The molecule has 29 heavy (non-hydrogen) atoms. The van der Waals surface area contributed by atoms with Crippen molar-refractivity contribution in [3.63, 3.8) is 0 Å². The molecule has 0 N–H and O–H groups in total. The van der Waals surface area contributed by atoms with Crippen LogP contribution in [0.3, 0.4) is 0 Å². The van der Waals surface area contributed by atoms with Gasteiger partial charge in [-0.05, 0) is 11.1 Å². The minimum atomic E-state index is -4.48. The van der Waals surface area contributed by atoms with Crippen LogP contribution in [0.15, 0.2) is 60.7 Å². The summed E-state index contributed by atoms with van der Waals surface area (Å²) >= 11 is 0. The average Bonchev–Trinajstić information content (AvgIpc) is 3.05. The van der Waals surface area contributed by atoms with Crippen LogP contribution in [0.2, 0.25) is 0 Å². The van der Waals surface area contributed by atoms with Crippen LogP contribution in [0.4, 0.5) is 8.78 Å². The van der Waals surface area contributed by atoms with Gasteiger partial charge < -0.3 is 9.47 Å². The maximum atomic E-state index is 14.5. The van der Waals surface area contributed by atoms with Crippen molar-refractivity contribution in [1.29, 1.82) is 0 Å². The fourth-order valence-corrected chi connectivity index (χ4v) is 3.90. The SMILES string of the molecule is O=S1(=O)O[C@H]([C@H](F)COCc2ccccc2)[C@@H]([C@H](F)COCc2ccccc2)O1. The highest BCUT2D eigenvalue weighted by Crippen LogP contribution is 2.29. The molecule has 0 amide bonds. The van der Waals surface area contributed by atoms with E-state index in [9.17, 15) is 17.2 Å². The summed E-state index contributed by atoms with van der Waals surface area (Å²) in [5.74, 6) is 0. The van der Waals surface area contributed by atoms with Gasteiger partial charge in [0.1, 0.15) is 12.2 Å². The van der Waals surface area contributed by atoms with Crippen molar-refractivity contribution in [3.8, 4) is 0 Å². The van der Waals surface area contributed by atoms with Gasteiger partial charge in [0.25, 0.3) is 0 Å². The maximum absolute atomic E-state index is 14.5. The van der Waals surface area contributed by atoms with E-state index in [2.05, 4.69) is 8.37 Å². The van der Waals surface area contributed by atoms with Gasteiger partial charge >= 0.3 is 10.4 Å². The second-order valence-electron chi connectivity index (χ2n) is 6.56. The van der Waals surface area contributed by atoms with Crippen molar-refractivity contribution >= 4 is 10.4 Å². The van der Waals surface area contributed by atoms with E-state index in [-0.39, 0.29) is 13.2 Å². The van der Waals surface area contributed by atoms with Crippen molar-refractivity contribution in [2.24, 2.45) is 0 Å². The molecule has 0 saturated carbocycles. The number of rotatable bonds is 10. The molecular weight excluding hydrogens is 406 g/mol. The van der Waals surface area contributed by atoms with Crippen molar-refractivity contribution in [1.82, 2.24) is 0 Å². The monoisotopic (exact) mass is 428 g/mol. The van der Waals surface area contributed by atoms with Crippen molar-refractivity contribution in [2.45, 2.75) is 37.8 Å². The number of benzene rings is 2. The fourth-order valence-electron chi connectivity index (χ4n) is 2.85. The van der Waals surface area contributed by atoms with Crippen molar-refractivity contribution < 1.29 is 35.0 Å². The lowest BCUT2D eigenvalue weighted by atomic mass is 10.1. The molecule has 2 aromatic rings. The molecule has 0 unspecified atom stereocenters. The lowest BCUT2D eigenvalue weighted by molar-refractivity contribution is -0.0390. The summed E-state index contributed by atoms with van der Waals surface area (Å²) in [6.07, 6.45) is -7.08. The molecule has 1 heterocycles. The molecule has 0 bridgehead atoms. The highest BCUT2D eigenvalue weighted by atomic mass is 32.3. The van der Waals surface area contributed by atoms with Gasteiger partial charge in [0.05, 0.1) is 26.4 Å². The molecule has 1 saturated heterocycles. The van der Waals surface area contributed by atoms with E-state index in [1.165, 1.54) is 0 Å². The third kappa shape index (κ3) is 6.55. The fraction of sp³-hybridized carbons (Fsp3) is 0.400. The molecule has 1 aliphatic heterocycles. The lowest BCUT2D eigenvalue weighted by Gasteiger charge is -2.21. The van der Waals surface area contributed by atoms with Crippen LogP contribution < -0.4 is 0 Å². The Morgan fingerprint density at radius 1 is 0.759 bits per heavy atom. The third-order valence-corrected chi connectivity index (χ3v) is 5.19. The van der Waals surface area contributed by atoms with Crippen LogP contribution >= 0.6 is 0 Å². The first-order valence-electron chi connectivity index (χ1n) is 9.07. The van der Waals surface area contributed by atoms with E-state index in [4.69, 9.17) is 9.47 Å². The standard InChI is InChI=1S/C20H22F2O6S/c21-17(13-25-11-15-7-3-1-4-8-15)19-20(28-29(23,24)27-19)18(22)14-26-12-16-9-5-2-6-10-16/h1-10,17-20H,11-14H2/t17-,18-,19-,20-/m1/s1. The molecular formula is C20H22F2O6S. The Bertz CT molecular complexity index is 784. The summed E-state index contributed by atoms with van der Waals surface area (Å²) in [6, 6.07) is 18.1. The highest BCUT2D eigenvalue weighted by Gasteiger charge is 2.49. The summed E-state index contributed by atoms with van der Waals surface area (Å²) in [6.45, 7) is -0.671. The Balaban J connectivity index is 1.51. The van der Waals surface area contributed by atoms with Crippen LogP contribution in [0.25, 0.3) is 0 Å². The molecule has 1 aliphatic rings. The van der Waals surface area contributed by atoms with Crippen molar-refractivity contribution in [3.05, 3.63) is 71.8 Å². The summed E-state index contributed by atoms with van der Waals surface area (Å²) in [5, 5.41) is 0. The van der Waals surface area contributed by atoms with Gasteiger partial charge in [-0.2, -0.15) is 8.42 Å². The smallest absolute Gasteiger partial charge is 0.374 e. The largest absolute Gasteiger partial charge is 0.400 e. The second kappa shape index (κ2) is 10.2. The summed E-state index contributed by atoms with van der Waals surface area (Å²) in [4.78, 5) is 0. The first kappa shape index (κ1) is 21.8. The third-order valence-electron chi connectivity index (χ3n) is 4.27. The van der Waals surface area contributed by atoms with Gasteiger partial charge in [-0.1, -0.05) is 60.7 Å². The van der Waals surface area contributed by atoms with Gasteiger partial charge in [-0.3, -0.25) is 0 Å². The Kier molecular flexibility index (Phi) is 7.68. The average molecular weight is 428 g/mol. The molecule has 3 rings (SSSR count). The summed E-state index contributed by atoms with van der Waals surface area (Å²) in [5.41, 5.74) is 1.65. The van der Waals surface area contributed by atoms with E-state index in [0.717, 1.165) is 11.1 Å². The molecule has 0 spiro atoms. The molecule has 2 aromatic carbocycles.